The third kappa shape index (κ3) is 3.23. The minimum Gasteiger partial charge on any atom is -0.310 e. The molecular formula is C11H14F3N. The molecule has 0 unspecified atom stereocenters. The summed E-state index contributed by atoms with van der Waals surface area (Å²) in [5.74, 6) is 0. The molecule has 0 heterocycles. The molecular weight excluding hydrogens is 203 g/mol. The van der Waals surface area contributed by atoms with E-state index in [4.69, 9.17) is 0 Å². The monoisotopic (exact) mass is 217 g/mol. The second kappa shape index (κ2) is 4.66. The van der Waals surface area contributed by atoms with E-state index in [-0.39, 0.29) is 6.04 Å². The van der Waals surface area contributed by atoms with Crippen LogP contribution in [-0.4, -0.2) is 6.54 Å². The van der Waals surface area contributed by atoms with Gasteiger partial charge < -0.3 is 5.32 Å². The van der Waals surface area contributed by atoms with Crippen LogP contribution in [0.2, 0.25) is 0 Å². The lowest BCUT2D eigenvalue weighted by atomic mass is 10.1. The van der Waals surface area contributed by atoms with Crippen molar-refractivity contribution < 1.29 is 13.2 Å². The molecule has 0 bridgehead atoms. The number of rotatable bonds is 3. The molecule has 0 spiro atoms. The van der Waals surface area contributed by atoms with E-state index in [1.54, 1.807) is 6.07 Å². The third-order valence-electron chi connectivity index (χ3n) is 2.22. The van der Waals surface area contributed by atoms with Crippen LogP contribution in [0.4, 0.5) is 13.2 Å². The SMILES string of the molecule is CCN[C@@H](C)c1cccc(C(F)(F)F)c1. The molecule has 0 fully saturated rings. The molecule has 0 aliphatic carbocycles. The van der Waals surface area contributed by atoms with E-state index in [9.17, 15) is 13.2 Å². The van der Waals surface area contributed by atoms with E-state index < -0.39 is 11.7 Å². The molecule has 0 aliphatic rings. The molecule has 1 aromatic carbocycles. The number of halogens is 3. The van der Waals surface area contributed by atoms with Gasteiger partial charge in [0.05, 0.1) is 5.56 Å². The lowest BCUT2D eigenvalue weighted by Crippen LogP contribution is -2.18. The maximum atomic E-state index is 12.4. The average molecular weight is 217 g/mol. The van der Waals surface area contributed by atoms with Crippen LogP contribution in [0.5, 0.6) is 0 Å². The van der Waals surface area contributed by atoms with E-state index in [0.29, 0.717) is 5.56 Å². The fraction of sp³-hybridized carbons (Fsp3) is 0.455. The van der Waals surface area contributed by atoms with Gasteiger partial charge in [0.1, 0.15) is 0 Å². The molecule has 1 N–H and O–H groups in total. The lowest BCUT2D eigenvalue weighted by Gasteiger charge is -2.14. The first-order chi connectivity index (χ1) is 6.95. The van der Waals surface area contributed by atoms with Gasteiger partial charge in [-0.3, -0.25) is 0 Å². The summed E-state index contributed by atoms with van der Waals surface area (Å²) >= 11 is 0. The summed E-state index contributed by atoms with van der Waals surface area (Å²) in [5.41, 5.74) is 0.0661. The van der Waals surface area contributed by atoms with Crippen molar-refractivity contribution in [1.29, 1.82) is 0 Å². The summed E-state index contributed by atoms with van der Waals surface area (Å²) in [6.07, 6.45) is -4.26. The summed E-state index contributed by atoms with van der Waals surface area (Å²) in [5, 5.41) is 3.07. The van der Waals surface area contributed by atoms with Crippen LogP contribution >= 0.6 is 0 Å². The fourth-order valence-electron chi connectivity index (χ4n) is 1.41. The van der Waals surface area contributed by atoms with Gasteiger partial charge in [-0.05, 0) is 31.2 Å². The minimum absolute atomic E-state index is 0.0581. The topological polar surface area (TPSA) is 12.0 Å². The Bertz CT molecular complexity index is 320. The quantitative estimate of drug-likeness (QED) is 0.818. The lowest BCUT2D eigenvalue weighted by molar-refractivity contribution is -0.137. The Morgan fingerprint density at radius 3 is 2.53 bits per heavy atom. The van der Waals surface area contributed by atoms with Gasteiger partial charge in [0.2, 0.25) is 0 Å². The van der Waals surface area contributed by atoms with Crippen molar-refractivity contribution in [3.8, 4) is 0 Å². The zero-order valence-corrected chi connectivity index (χ0v) is 8.73. The zero-order chi connectivity index (χ0) is 11.5. The Hall–Kier alpha value is -1.03. The maximum Gasteiger partial charge on any atom is 0.416 e. The molecule has 0 aliphatic heterocycles. The summed E-state index contributed by atoms with van der Waals surface area (Å²) in [7, 11) is 0. The van der Waals surface area contributed by atoms with E-state index in [0.717, 1.165) is 12.6 Å². The smallest absolute Gasteiger partial charge is 0.310 e. The highest BCUT2D eigenvalue weighted by atomic mass is 19.4. The van der Waals surface area contributed by atoms with Gasteiger partial charge in [0.25, 0.3) is 0 Å². The predicted molar refractivity (Wildman–Crippen MR) is 53.5 cm³/mol. The highest BCUT2D eigenvalue weighted by Gasteiger charge is 2.30. The summed E-state index contributed by atoms with van der Waals surface area (Å²) in [6.45, 7) is 4.50. The Kier molecular flexibility index (Phi) is 3.74. The van der Waals surface area contributed by atoms with E-state index in [1.807, 2.05) is 13.8 Å². The molecule has 84 valence electrons. The highest BCUT2D eigenvalue weighted by Crippen LogP contribution is 2.30. The van der Waals surface area contributed by atoms with Crippen molar-refractivity contribution in [1.82, 2.24) is 5.32 Å². The second-order valence-electron chi connectivity index (χ2n) is 3.40. The number of hydrogen-bond donors (Lipinski definition) is 1. The highest BCUT2D eigenvalue weighted by molar-refractivity contribution is 5.27. The normalized spacial score (nSPS) is 13.9. The van der Waals surface area contributed by atoms with Crippen molar-refractivity contribution >= 4 is 0 Å². The van der Waals surface area contributed by atoms with E-state index >= 15 is 0 Å². The van der Waals surface area contributed by atoms with Gasteiger partial charge in [0, 0.05) is 6.04 Å². The average Bonchev–Trinajstić information content (AvgIpc) is 2.17. The molecule has 1 rings (SSSR count). The largest absolute Gasteiger partial charge is 0.416 e. The van der Waals surface area contributed by atoms with Gasteiger partial charge in [-0.1, -0.05) is 19.1 Å². The molecule has 0 saturated carbocycles. The minimum atomic E-state index is -4.26. The van der Waals surface area contributed by atoms with Crippen LogP contribution < -0.4 is 5.32 Å². The van der Waals surface area contributed by atoms with Gasteiger partial charge in [0.15, 0.2) is 0 Å². The first-order valence-corrected chi connectivity index (χ1v) is 4.85. The van der Waals surface area contributed by atoms with Gasteiger partial charge >= 0.3 is 6.18 Å². The standard InChI is InChI=1S/C11H14F3N/c1-3-15-8(2)9-5-4-6-10(7-9)11(12,13)14/h4-8,15H,3H2,1-2H3/t8-/m0/s1. The van der Waals surface area contributed by atoms with Gasteiger partial charge in [-0.2, -0.15) is 13.2 Å². The number of hydrogen-bond acceptors (Lipinski definition) is 1. The Morgan fingerprint density at radius 2 is 2.00 bits per heavy atom. The third-order valence-corrected chi connectivity index (χ3v) is 2.22. The van der Waals surface area contributed by atoms with Crippen molar-refractivity contribution in [2.45, 2.75) is 26.1 Å². The second-order valence-corrected chi connectivity index (χ2v) is 3.40. The molecule has 0 saturated heterocycles. The van der Waals surface area contributed by atoms with Crippen molar-refractivity contribution in [2.24, 2.45) is 0 Å². The first kappa shape index (κ1) is 12.0. The molecule has 0 amide bonds. The summed E-state index contributed by atoms with van der Waals surface area (Å²) in [4.78, 5) is 0. The predicted octanol–water partition coefficient (Wildman–Crippen LogP) is 3.38. The molecule has 0 radical (unpaired) electrons. The van der Waals surface area contributed by atoms with Crippen molar-refractivity contribution in [3.63, 3.8) is 0 Å². The first-order valence-electron chi connectivity index (χ1n) is 4.85. The molecule has 15 heavy (non-hydrogen) atoms. The molecule has 0 aromatic heterocycles. The van der Waals surface area contributed by atoms with Gasteiger partial charge in [-0.25, -0.2) is 0 Å². The molecule has 1 aromatic rings. The van der Waals surface area contributed by atoms with Crippen LogP contribution in [0.1, 0.15) is 31.0 Å². The van der Waals surface area contributed by atoms with Crippen molar-refractivity contribution in [2.75, 3.05) is 6.54 Å². The van der Waals surface area contributed by atoms with Crippen LogP contribution in [-0.2, 0) is 6.18 Å². The van der Waals surface area contributed by atoms with E-state index in [1.165, 1.54) is 12.1 Å². The van der Waals surface area contributed by atoms with E-state index in [2.05, 4.69) is 5.32 Å². The van der Waals surface area contributed by atoms with Gasteiger partial charge in [-0.15, -0.1) is 0 Å². The van der Waals surface area contributed by atoms with Crippen molar-refractivity contribution in [3.05, 3.63) is 35.4 Å². The fourth-order valence-corrected chi connectivity index (χ4v) is 1.41. The zero-order valence-electron chi connectivity index (χ0n) is 8.73. The van der Waals surface area contributed by atoms with Crippen LogP contribution in [0.15, 0.2) is 24.3 Å². The number of nitrogens with one attached hydrogen (secondary N) is 1. The molecule has 1 nitrogen and oxygen atoms in total. The van der Waals surface area contributed by atoms with Crippen LogP contribution in [0.3, 0.4) is 0 Å². The summed E-state index contributed by atoms with van der Waals surface area (Å²) < 4.78 is 37.2. The number of benzene rings is 1. The molecule has 4 heteroatoms. The Labute approximate surface area is 87.3 Å². The van der Waals surface area contributed by atoms with Crippen LogP contribution in [0.25, 0.3) is 0 Å². The Balaban J connectivity index is 2.92. The summed E-state index contributed by atoms with van der Waals surface area (Å²) in [6, 6.07) is 5.35. The Morgan fingerprint density at radius 1 is 1.33 bits per heavy atom. The number of alkyl halides is 3. The molecule has 1 atom stereocenters. The van der Waals surface area contributed by atoms with Crippen LogP contribution in [0, 0.1) is 0 Å². The maximum absolute atomic E-state index is 12.4.